The summed E-state index contributed by atoms with van der Waals surface area (Å²) in [7, 11) is 0. The third-order valence-electron chi connectivity index (χ3n) is 6.29. The Morgan fingerprint density at radius 1 is 1.07 bits per heavy atom. The second-order valence-electron chi connectivity index (χ2n) is 8.70. The normalized spacial score (nSPS) is 27.9. The highest BCUT2D eigenvalue weighted by atomic mass is 19.4. The summed E-state index contributed by atoms with van der Waals surface area (Å²) in [6, 6.07) is 8.11. The maximum Gasteiger partial charge on any atom is 0.416 e. The Balaban J connectivity index is 1.32. The average Bonchev–Trinajstić information content (AvgIpc) is 3.15. The number of hydrogen-bond acceptors (Lipinski definition) is 5. The highest BCUT2D eigenvalue weighted by Gasteiger charge is 2.48. The number of aliphatic hydroxyl groups excluding tert-OH is 1. The van der Waals surface area contributed by atoms with E-state index in [9.17, 15) is 28.5 Å². The van der Waals surface area contributed by atoms with Crippen LogP contribution in [0.2, 0.25) is 0 Å². The molecule has 1 aromatic heterocycles. The predicted octanol–water partition coefficient (Wildman–Crippen LogP) is 3.16. The van der Waals surface area contributed by atoms with Gasteiger partial charge in [0.2, 0.25) is 0 Å². The lowest BCUT2D eigenvalue weighted by molar-refractivity contribution is -0.137. The topological polar surface area (TPSA) is 76.8 Å². The smallest absolute Gasteiger partial charge is 0.416 e. The highest BCUT2D eigenvalue weighted by molar-refractivity contribution is 5.26. The third kappa shape index (κ3) is 4.61. The van der Waals surface area contributed by atoms with Gasteiger partial charge in [-0.15, -0.1) is 0 Å². The van der Waals surface area contributed by atoms with E-state index in [4.69, 9.17) is 0 Å². The number of benzene rings is 1. The summed E-state index contributed by atoms with van der Waals surface area (Å²) in [6.45, 7) is 1.95. The van der Waals surface area contributed by atoms with Gasteiger partial charge in [0.25, 0.3) is 0 Å². The minimum Gasteiger partial charge on any atom is -0.506 e. The molecule has 1 saturated heterocycles. The Bertz CT molecular complexity index is 857. The van der Waals surface area contributed by atoms with Crippen molar-refractivity contribution in [1.29, 1.82) is 0 Å². The van der Waals surface area contributed by atoms with Gasteiger partial charge in [-0.3, -0.25) is 9.88 Å². The van der Waals surface area contributed by atoms with Crippen molar-refractivity contribution in [2.75, 3.05) is 19.6 Å². The summed E-state index contributed by atoms with van der Waals surface area (Å²) in [5.74, 6) is 0.642. The van der Waals surface area contributed by atoms with Crippen LogP contribution in [0.5, 0.6) is 5.75 Å². The fourth-order valence-corrected chi connectivity index (χ4v) is 4.98. The molecule has 3 N–H and O–H groups in total. The van der Waals surface area contributed by atoms with E-state index in [1.54, 1.807) is 6.07 Å². The van der Waals surface area contributed by atoms with E-state index in [2.05, 4.69) is 9.88 Å². The number of likely N-dealkylation sites (tertiary alicyclic amines) is 1. The van der Waals surface area contributed by atoms with Crippen molar-refractivity contribution in [3.05, 3.63) is 59.4 Å². The predicted molar refractivity (Wildman–Crippen MR) is 104 cm³/mol. The van der Waals surface area contributed by atoms with Crippen LogP contribution in [0.4, 0.5) is 13.2 Å². The third-order valence-corrected chi connectivity index (χ3v) is 6.29. The Morgan fingerprint density at radius 3 is 2.23 bits per heavy atom. The van der Waals surface area contributed by atoms with Crippen LogP contribution in [0, 0.1) is 11.8 Å². The van der Waals surface area contributed by atoms with Gasteiger partial charge in [-0.1, -0.05) is 12.1 Å². The lowest BCUT2D eigenvalue weighted by Crippen LogP contribution is -2.33. The van der Waals surface area contributed by atoms with E-state index < -0.39 is 23.4 Å². The van der Waals surface area contributed by atoms with Crippen molar-refractivity contribution in [1.82, 2.24) is 9.88 Å². The molecule has 1 aromatic carbocycles. The number of fused-ring (bicyclic) bond motifs is 1. The summed E-state index contributed by atoms with van der Waals surface area (Å²) in [4.78, 5) is 6.21. The van der Waals surface area contributed by atoms with Crippen LogP contribution in [0.1, 0.15) is 35.8 Å². The van der Waals surface area contributed by atoms with Crippen molar-refractivity contribution >= 4 is 0 Å². The quantitative estimate of drug-likeness (QED) is 0.690. The van der Waals surface area contributed by atoms with Gasteiger partial charge in [0, 0.05) is 26.1 Å². The van der Waals surface area contributed by atoms with Gasteiger partial charge in [0.15, 0.2) is 0 Å². The SMILES string of the molecule is Oc1ccc(C(O)CN2C[C@@H]3CC(O)(Cc4ccc(C(F)(F)F)cc4)C[C@@H]3C2)nc1. The fraction of sp³-hybridized carbons (Fsp3) is 0.500. The van der Waals surface area contributed by atoms with E-state index in [0.717, 1.165) is 25.2 Å². The summed E-state index contributed by atoms with van der Waals surface area (Å²) in [5.41, 5.74) is -0.378. The Kier molecular flexibility index (Phi) is 5.50. The molecule has 0 radical (unpaired) electrons. The molecule has 1 saturated carbocycles. The number of pyridine rings is 1. The first kappa shape index (κ1) is 21.1. The van der Waals surface area contributed by atoms with Crippen LogP contribution in [-0.4, -0.2) is 50.4 Å². The number of rotatable bonds is 5. The Labute approximate surface area is 172 Å². The molecule has 0 spiro atoms. The second kappa shape index (κ2) is 7.83. The van der Waals surface area contributed by atoms with Gasteiger partial charge in [0.05, 0.1) is 23.1 Å². The molecule has 1 aliphatic carbocycles. The summed E-state index contributed by atoms with van der Waals surface area (Å²) >= 11 is 0. The lowest BCUT2D eigenvalue weighted by Gasteiger charge is -2.27. The van der Waals surface area contributed by atoms with Crippen molar-refractivity contribution in [2.24, 2.45) is 11.8 Å². The monoisotopic (exact) mass is 422 g/mol. The molecule has 4 atom stereocenters. The van der Waals surface area contributed by atoms with Crippen molar-refractivity contribution in [3.63, 3.8) is 0 Å². The minimum atomic E-state index is -4.36. The number of aromatic hydroxyl groups is 1. The molecule has 1 aliphatic heterocycles. The zero-order chi connectivity index (χ0) is 21.5. The molecule has 2 heterocycles. The molecule has 4 rings (SSSR count). The number of hydrogen-bond donors (Lipinski definition) is 3. The van der Waals surface area contributed by atoms with Gasteiger partial charge < -0.3 is 15.3 Å². The van der Waals surface area contributed by atoms with Crippen LogP contribution in [0.15, 0.2) is 42.6 Å². The Morgan fingerprint density at radius 2 is 1.70 bits per heavy atom. The molecule has 2 fully saturated rings. The van der Waals surface area contributed by atoms with Crippen LogP contribution in [0.25, 0.3) is 0 Å². The first-order valence-electron chi connectivity index (χ1n) is 10.1. The molecule has 5 nitrogen and oxygen atoms in total. The summed E-state index contributed by atoms with van der Waals surface area (Å²) in [6.07, 6.45) is -2.26. The number of aliphatic hydroxyl groups is 2. The summed E-state index contributed by atoms with van der Waals surface area (Å²) in [5, 5.41) is 30.7. The second-order valence-corrected chi connectivity index (χ2v) is 8.70. The van der Waals surface area contributed by atoms with E-state index in [0.29, 0.717) is 48.9 Å². The highest BCUT2D eigenvalue weighted by Crippen LogP contribution is 2.45. The number of aromatic nitrogens is 1. The van der Waals surface area contributed by atoms with Gasteiger partial charge in [-0.25, -0.2) is 0 Å². The Hall–Kier alpha value is -2.16. The molecule has 2 aromatic rings. The molecule has 2 unspecified atom stereocenters. The molecule has 162 valence electrons. The van der Waals surface area contributed by atoms with Gasteiger partial charge >= 0.3 is 6.18 Å². The summed E-state index contributed by atoms with van der Waals surface area (Å²) < 4.78 is 38.2. The van der Waals surface area contributed by atoms with Crippen LogP contribution >= 0.6 is 0 Å². The van der Waals surface area contributed by atoms with E-state index in [-0.39, 0.29) is 5.75 Å². The first-order valence-corrected chi connectivity index (χ1v) is 10.1. The molecule has 0 amide bonds. The van der Waals surface area contributed by atoms with E-state index >= 15 is 0 Å². The molecular formula is C22H25F3N2O3. The van der Waals surface area contributed by atoms with Crippen molar-refractivity contribution < 1.29 is 28.5 Å². The number of alkyl halides is 3. The van der Waals surface area contributed by atoms with Gasteiger partial charge in [0.1, 0.15) is 11.9 Å². The lowest BCUT2D eigenvalue weighted by atomic mass is 9.91. The molecule has 8 heteroatoms. The number of β-amino-alcohol motifs (C(OH)–C–C–N with tert-alkyl or cyclic N) is 1. The van der Waals surface area contributed by atoms with E-state index in [1.165, 1.54) is 24.4 Å². The van der Waals surface area contributed by atoms with Crippen LogP contribution in [-0.2, 0) is 12.6 Å². The standard InChI is InChI=1S/C22H25F3N2O3/c23-22(24,25)17-3-1-14(2-4-17)7-21(30)8-15-11-27(12-16(15)9-21)13-20(29)19-6-5-18(28)10-26-19/h1-6,10,15-16,20,28-30H,7-9,11-13H2/t15-,16+,20?,21?. The first-order chi connectivity index (χ1) is 14.1. The molecule has 30 heavy (non-hydrogen) atoms. The number of halogens is 3. The molecular weight excluding hydrogens is 397 g/mol. The maximum atomic E-state index is 12.7. The zero-order valence-electron chi connectivity index (χ0n) is 16.4. The number of nitrogens with zero attached hydrogens (tertiary/aromatic N) is 2. The van der Waals surface area contributed by atoms with Crippen LogP contribution in [0.3, 0.4) is 0 Å². The molecule has 2 aliphatic rings. The average molecular weight is 422 g/mol. The van der Waals surface area contributed by atoms with Crippen molar-refractivity contribution in [3.8, 4) is 5.75 Å². The van der Waals surface area contributed by atoms with Gasteiger partial charge in [-0.2, -0.15) is 13.2 Å². The van der Waals surface area contributed by atoms with Crippen LogP contribution < -0.4 is 0 Å². The largest absolute Gasteiger partial charge is 0.506 e. The van der Waals surface area contributed by atoms with Gasteiger partial charge in [-0.05, 0) is 54.5 Å². The van der Waals surface area contributed by atoms with Crippen molar-refractivity contribution in [2.45, 2.75) is 37.1 Å². The van der Waals surface area contributed by atoms with E-state index in [1.807, 2.05) is 0 Å². The minimum absolute atomic E-state index is 0.0500. The zero-order valence-corrected chi connectivity index (χ0v) is 16.4. The molecule has 0 bridgehead atoms. The maximum absolute atomic E-state index is 12.7. The fourth-order valence-electron chi connectivity index (χ4n) is 4.98.